The maximum Gasteiger partial charge on any atom is 0.224 e. The van der Waals surface area contributed by atoms with Gasteiger partial charge < -0.3 is 14.5 Å². The van der Waals surface area contributed by atoms with Gasteiger partial charge in [-0.05, 0) is 67.5 Å². The Hall–Kier alpha value is -1.75. The molecule has 2 aromatic carbocycles. The Kier molecular flexibility index (Phi) is 8.33. The first-order chi connectivity index (χ1) is 18.2. The van der Waals surface area contributed by atoms with Gasteiger partial charge >= 0.3 is 0 Å². The number of hydrogen-bond donors (Lipinski definition) is 1. The van der Waals surface area contributed by atoms with Crippen LogP contribution in [0.1, 0.15) is 63.5 Å². The van der Waals surface area contributed by atoms with Crippen molar-refractivity contribution in [1.82, 2.24) is 5.32 Å². The Balaban J connectivity index is 1.37. The highest BCUT2D eigenvalue weighted by molar-refractivity contribution is 6.42. The molecule has 38 heavy (non-hydrogen) atoms. The second-order valence-electron chi connectivity index (χ2n) is 12.8. The van der Waals surface area contributed by atoms with Gasteiger partial charge in [0.25, 0.3) is 0 Å². The molecule has 4 nitrogen and oxygen atoms in total. The summed E-state index contributed by atoms with van der Waals surface area (Å²) in [6, 6.07) is 14.4. The van der Waals surface area contributed by atoms with E-state index in [0.717, 1.165) is 36.5 Å². The molecule has 206 valence electrons. The monoisotopic (exact) mass is 557 g/mol. The third-order valence-corrected chi connectivity index (χ3v) is 10.1. The summed E-state index contributed by atoms with van der Waals surface area (Å²) in [6.07, 6.45) is 7.49. The number of piperidine rings is 1. The van der Waals surface area contributed by atoms with E-state index in [0.29, 0.717) is 28.3 Å². The lowest BCUT2D eigenvalue weighted by Gasteiger charge is -2.57. The van der Waals surface area contributed by atoms with E-state index in [1.165, 1.54) is 55.5 Å². The van der Waals surface area contributed by atoms with Crippen molar-refractivity contribution < 1.29 is 14.0 Å². The quantitative estimate of drug-likeness (QED) is 0.335. The summed E-state index contributed by atoms with van der Waals surface area (Å²) >= 11 is 12.3. The fourth-order valence-electron chi connectivity index (χ4n) is 7.65. The van der Waals surface area contributed by atoms with Crippen LogP contribution in [-0.4, -0.2) is 49.7 Å². The molecular weight excluding hydrogens is 515 g/mol. The van der Waals surface area contributed by atoms with Crippen LogP contribution in [0.2, 0.25) is 10.0 Å². The van der Waals surface area contributed by atoms with Gasteiger partial charge in [-0.2, -0.15) is 0 Å². The lowest BCUT2D eigenvalue weighted by Crippen LogP contribution is -2.64. The van der Waals surface area contributed by atoms with Crippen LogP contribution in [0.4, 0.5) is 0 Å². The number of likely N-dealkylation sites (tertiary alicyclic amines) is 1. The zero-order valence-corrected chi connectivity index (χ0v) is 24.7. The molecule has 1 amide bonds. The van der Waals surface area contributed by atoms with E-state index < -0.39 is 0 Å². The molecule has 2 aliphatic carbocycles. The summed E-state index contributed by atoms with van der Waals surface area (Å²) in [5.41, 5.74) is 2.34. The highest BCUT2D eigenvalue weighted by Crippen LogP contribution is 2.52. The van der Waals surface area contributed by atoms with Gasteiger partial charge in [-0.25, -0.2) is 0 Å². The van der Waals surface area contributed by atoms with E-state index in [9.17, 15) is 4.79 Å². The smallest absolute Gasteiger partial charge is 0.224 e. The first kappa shape index (κ1) is 27.8. The van der Waals surface area contributed by atoms with Crippen molar-refractivity contribution >= 4 is 29.1 Å². The van der Waals surface area contributed by atoms with Crippen LogP contribution in [0.15, 0.2) is 42.5 Å². The molecule has 1 aliphatic heterocycles. The number of quaternary nitrogens is 1. The van der Waals surface area contributed by atoms with Crippen molar-refractivity contribution in [2.24, 2.45) is 17.8 Å². The van der Waals surface area contributed by atoms with Gasteiger partial charge in [-0.1, -0.05) is 55.2 Å². The number of carbonyl (C=O) groups excluding carboxylic acids is 1. The van der Waals surface area contributed by atoms with Crippen LogP contribution in [-0.2, 0) is 16.6 Å². The molecule has 2 saturated carbocycles. The number of carbonyl (C=O) groups is 1. The number of fused-ring (bicyclic) bond motifs is 1. The largest absolute Gasteiger partial charge is 0.497 e. The minimum absolute atomic E-state index is 0.0575. The predicted molar refractivity (Wildman–Crippen MR) is 156 cm³/mol. The van der Waals surface area contributed by atoms with Crippen molar-refractivity contribution in [3.8, 4) is 5.75 Å². The fraction of sp³-hybridized carbons (Fsp3) is 0.594. The van der Waals surface area contributed by atoms with Crippen LogP contribution in [0.25, 0.3) is 0 Å². The predicted octanol–water partition coefficient (Wildman–Crippen LogP) is 7.05. The Bertz CT molecular complexity index is 1140. The Morgan fingerprint density at radius 2 is 1.92 bits per heavy atom. The van der Waals surface area contributed by atoms with E-state index >= 15 is 0 Å². The van der Waals surface area contributed by atoms with Crippen LogP contribution in [0, 0.1) is 17.8 Å². The van der Waals surface area contributed by atoms with Crippen molar-refractivity contribution in [2.75, 3.05) is 33.3 Å². The maximum atomic E-state index is 13.1. The average Bonchev–Trinajstić information content (AvgIpc) is 3.69. The Morgan fingerprint density at radius 1 is 1.11 bits per heavy atom. The van der Waals surface area contributed by atoms with E-state index in [-0.39, 0.29) is 17.4 Å². The molecule has 0 spiro atoms. The topological polar surface area (TPSA) is 38.3 Å². The highest BCUT2D eigenvalue weighted by atomic mass is 35.5. The molecule has 1 saturated heterocycles. The Morgan fingerprint density at radius 3 is 2.63 bits per heavy atom. The molecule has 1 unspecified atom stereocenters. The van der Waals surface area contributed by atoms with Gasteiger partial charge in [0, 0.05) is 35.6 Å². The number of rotatable bonds is 9. The highest BCUT2D eigenvalue weighted by Gasteiger charge is 2.54. The number of amides is 1. The summed E-state index contributed by atoms with van der Waals surface area (Å²) in [4.78, 5) is 13.1. The van der Waals surface area contributed by atoms with Gasteiger partial charge in [0.15, 0.2) is 0 Å². The molecule has 1 N–H and O–H groups in total. The summed E-state index contributed by atoms with van der Waals surface area (Å²) in [7, 11) is 1.75. The minimum atomic E-state index is 0.0575. The first-order valence-corrected chi connectivity index (χ1v) is 15.2. The number of nitrogens with zero attached hydrogens (tertiary/aromatic N) is 1. The second-order valence-corrected chi connectivity index (χ2v) is 13.6. The summed E-state index contributed by atoms with van der Waals surface area (Å²) in [5.74, 6) is 3.23. The molecule has 3 aliphatic rings. The standard InChI is InChI=1S/C32H42Cl2N2O2/c1-22(2)19-36(20-23-7-8-23)14-13-32(25-5-4-6-28(17-25)38-3)18-27(11-10-26(32)21-36)35-31(37)16-24-9-12-29(33)30(34)15-24/h4-6,9,12,15,17,22-23,26-27H,7-8,10-11,13-14,16,18-21H2,1-3H3/p+1/t26?,27-,32+,36-/m0/s1. The minimum Gasteiger partial charge on any atom is -0.497 e. The zero-order valence-electron chi connectivity index (χ0n) is 23.1. The van der Waals surface area contributed by atoms with Gasteiger partial charge in [-0.3, -0.25) is 4.79 Å². The van der Waals surface area contributed by atoms with Crippen LogP contribution < -0.4 is 10.1 Å². The van der Waals surface area contributed by atoms with Gasteiger partial charge in [-0.15, -0.1) is 0 Å². The molecule has 0 radical (unpaired) electrons. The van der Waals surface area contributed by atoms with Crippen LogP contribution in [0.5, 0.6) is 5.75 Å². The molecular formula is C32H43Cl2N2O2+. The molecule has 1 heterocycles. The second kappa shape index (κ2) is 11.4. The van der Waals surface area contributed by atoms with Crippen molar-refractivity contribution in [2.45, 2.75) is 70.3 Å². The van der Waals surface area contributed by atoms with Crippen molar-refractivity contribution in [3.63, 3.8) is 0 Å². The molecule has 0 aromatic heterocycles. The third kappa shape index (κ3) is 6.18. The molecule has 2 aromatic rings. The number of ether oxygens (including phenoxy) is 1. The lowest BCUT2D eigenvalue weighted by molar-refractivity contribution is -0.942. The maximum absolute atomic E-state index is 13.1. The van der Waals surface area contributed by atoms with Crippen LogP contribution >= 0.6 is 23.2 Å². The normalized spacial score (nSPS) is 29.1. The number of nitrogens with one attached hydrogen (secondary N) is 1. The average molecular weight is 559 g/mol. The summed E-state index contributed by atoms with van der Waals surface area (Å²) < 4.78 is 6.94. The lowest BCUT2D eigenvalue weighted by atomic mass is 9.57. The molecule has 4 atom stereocenters. The molecule has 0 bridgehead atoms. The number of methoxy groups -OCH3 is 1. The first-order valence-electron chi connectivity index (χ1n) is 14.4. The number of hydrogen-bond acceptors (Lipinski definition) is 2. The molecule has 3 fully saturated rings. The molecule has 5 rings (SSSR count). The third-order valence-electron chi connectivity index (χ3n) is 9.35. The van der Waals surface area contributed by atoms with E-state index in [4.69, 9.17) is 27.9 Å². The zero-order chi connectivity index (χ0) is 26.9. The number of benzene rings is 2. The van der Waals surface area contributed by atoms with Crippen LogP contribution in [0.3, 0.4) is 0 Å². The summed E-state index contributed by atoms with van der Waals surface area (Å²) in [6.45, 7) is 9.90. The fourth-order valence-corrected chi connectivity index (χ4v) is 7.97. The van der Waals surface area contributed by atoms with E-state index in [2.05, 4.69) is 37.4 Å². The number of halogens is 2. The van der Waals surface area contributed by atoms with Gasteiger partial charge in [0.05, 0.1) is 49.8 Å². The van der Waals surface area contributed by atoms with Crippen molar-refractivity contribution in [1.29, 1.82) is 0 Å². The van der Waals surface area contributed by atoms with E-state index in [1.54, 1.807) is 19.2 Å². The van der Waals surface area contributed by atoms with Gasteiger partial charge in [0.2, 0.25) is 5.91 Å². The SMILES string of the molecule is COc1cccc([C@]23CC[N@+](CC(C)C)(CC4CC4)CC2CC[C@H](NC(=O)Cc2ccc(Cl)c(Cl)c2)C3)c1. The Labute approximate surface area is 238 Å². The van der Waals surface area contributed by atoms with Gasteiger partial charge in [0.1, 0.15) is 5.75 Å². The summed E-state index contributed by atoms with van der Waals surface area (Å²) in [5, 5.41) is 4.41. The molecule has 6 heteroatoms. The van der Waals surface area contributed by atoms with Crippen molar-refractivity contribution in [3.05, 3.63) is 63.6 Å². The van der Waals surface area contributed by atoms with E-state index in [1.807, 2.05) is 12.1 Å².